The fraction of sp³-hybridized carbons (Fsp3) is 0. The van der Waals surface area contributed by atoms with Gasteiger partial charge >= 0.3 is 0 Å². The van der Waals surface area contributed by atoms with Crippen LogP contribution in [0.4, 0.5) is 5.82 Å². The van der Waals surface area contributed by atoms with Gasteiger partial charge < -0.3 is 5.73 Å². The van der Waals surface area contributed by atoms with Crippen LogP contribution in [-0.2, 0) is 0 Å². The molecule has 0 radical (unpaired) electrons. The van der Waals surface area contributed by atoms with Gasteiger partial charge in [-0.3, -0.25) is 4.98 Å². The first-order valence-corrected chi connectivity index (χ1v) is 7.49. The minimum absolute atomic E-state index is 0.466. The number of hydrogen-bond acceptors (Lipinski definition) is 3. The van der Waals surface area contributed by atoms with Crippen molar-refractivity contribution in [3.05, 3.63) is 78.0 Å². The van der Waals surface area contributed by atoms with Crippen LogP contribution in [0.1, 0.15) is 11.1 Å². The molecule has 0 saturated carbocycles. The smallest absolute Gasteiger partial charge is 0.150 e. The number of pyridine rings is 2. The predicted octanol–water partition coefficient (Wildman–Crippen LogP) is 4.54. The fourth-order valence-corrected chi connectivity index (χ4v) is 2.81. The van der Waals surface area contributed by atoms with E-state index in [1.54, 1.807) is 6.20 Å². The monoisotopic (exact) mass is 297 g/mol. The number of rotatable bonds is 2. The zero-order chi connectivity index (χ0) is 15.6. The van der Waals surface area contributed by atoms with Crippen LogP contribution in [0.5, 0.6) is 0 Å². The lowest BCUT2D eigenvalue weighted by atomic mass is 10.0. The Morgan fingerprint density at radius 3 is 2.48 bits per heavy atom. The summed E-state index contributed by atoms with van der Waals surface area (Å²) in [4.78, 5) is 8.88. The average molecular weight is 297 g/mol. The maximum atomic E-state index is 6.10. The third kappa shape index (κ3) is 2.42. The van der Waals surface area contributed by atoms with E-state index in [-0.39, 0.29) is 0 Å². The van der Waals surface area contributed by atoms with Crippen LogP contribution >= 0.6 is 0 Å². The summed E-state index contributed by atoms with van der Waals surface area (Å²) in [7, 11) is 0. The summed E-state index contributed by atoms with van der Waals surface area (Å²) >= 11 is 0. The molecule has 0 atom stereocenters. The molecule has 0 unspecified atom stereocenters. The van der Waals surface area contributed by atoms with Gasteiger partial charge in [-0.25, -0.2) is 4.98 Å². The summed E-state index contributed by atoms with van der Waals surface area (Å²) < 4.78 is 0. The molecule has 3 nitrogen and oxygen atoms in total. The van der Waals surface area contributed by atoms with Gasteiger partial charge in [-0.15, -0.1) is 0 Å². The number of aromatic nitrogens is 2. The fourth-order valence-electron chi connectivity index (χ4n) is 2.81. The van der Waals surface area contributed by atoms with Gasteiger partial charge in [0.05, 0.1) is 5.52 Å². The van der Waals surface area contributed by atoms with E-state index in [1.807, 2.05) is 42.5 Å². The van der Waals surface area contributed by atoms with Gasteiger partial charge in [-0.1, -0.05) is 60.7 Å². The molecule has 4 rings (SSSR count). The summed E-state index contributed by atoms with van der Waals surface area (Å²) in [5.74, 6) is 0.466. The molecule has 0 bridgehead atoms. The molecule has 2 N–H and O–H groups in total. The summed E-state index contributed by atoms with van der Waals surface area (Å²) in [5.41, 5.74) is 9.98. The van der Waals surface area contributed by atoms with E-state index in [4.69, 9.17) is 5.73 Å². The number of hydrogen-bond donors (Lipinski definition) is 1. The van der Waals surface area contributed by atoms with Gasteiger partial charge in [-0.05, 0) is 23.3 Å². The van der Waals surface area contributed by atoms with Gasteiger partial charge in [0, 0.05) is 17.0 Å². The van der Waals surface area contributed by atoms with E-state index < -0.39 is 0 Å². The molecule has 0 aliphatic rings. The van der Waals surface area contributed by atoms with Crippen molar-refractivity contribution in [1.82, 2.24) is 9.97 Å². The number of anilines is 1. The van der Waals surface area contributed by atoms with Gasteiger partial charge in [0.15, 0.2) is 5.82 Å². The van der Waals surface area contributed by atoms with Gasteiger partial charge in [0.25, 0.3) is 0 Å². The van der Waals surface area contributed by atoms with E-state index >= 15 is 0 Å². The molecule has 2 aromatic carbocycles. The highest BCUT2D eigenvalue weighted by atomic mass is 14.9. The molecule has 3 heteroatoms. The second kappa shape index (κ2) is 5.54. The summed E-state index contributed by atoms with van der Waals surface area (Å²) in [5, 5.41) is 2.11. The first kappa shape index (κ1) is 13.5. The zero-order valence-electron chi connectivity index (χ0n) is 12.5. The maximum Gasteiger partial charge on any atom is 0.150 e. The molecule has 0 spiro atoms. The van der Waals surface area contributed by atoms with Crippen molar-refractivity contribution in [2.45, 2.75) is 0 Å². The Bertz CT molecular complexity index is 1020. The molecular weight excluding hydrogens is 282 g/mol. The van der Waals surface area contributed by atoms with Crippen LogP contribution < -0.4 is 5.73 Å². The third-order valence-electron chi connectivity index (χ3n) is 3.90. The highest BCUT2D eigenvalue weighted by Crippen LogP contribution is 2.30. The average Bonchev–Trinajstić information content (AvgIpc) is 2.61. The highest BCUT2D eigenvalue weighted by Gasteiger charge is 2.09. The van der Waals surface area contributed by atoms with E-state index in [0.717, 1.165) is 32.9 Å². The van der Waals surface area contributed by atoms with Gasteiger partial charge in [0.1, 0.15) is 5.52 Å². The van der Waals surface area contributed by atoms with E-state index in [9.17, 15) is 0 Å². The first-order chi connectivity index (χ1) is 11.3. The molecule has 2 aromatic heterocycles. The molecule has 0 fully saturated rings. The first-order valence-electron chi connectivity index (χ1n) is 7.49. The maximum absolute atomic E-state index is 6.10. The van der Waals surface area contributed by atoms with E-state index in [2.05, 4.69) is 40.3 Å². The zero-order valence-corrected chi connectivity index (χ0v) is 12.5. The molecule has 0 amide bonds. The Morgan fingerprint density at radius 2 is 1.61 bits per heavy atom. The van der Waals surface area contributed by atoms with Crippen LogP contribution in [-0.4, -0.2) is 9.97 Å². The number of benzene rings is 2. The minimum Gasteiger partial charge on any atom is -0.382 e. The normalized spacial score (nSPS) is 11.5. The van der Waals surface area contributed by atoms with E-state index in [0.29, 0.717) is 5.82 Å². The Morgan fingerprint density at radius 1 is 0.826 bits per heavy atom. The molecule has 110 valence electrons. The molecule has 0 saturated heterocycles. The highest BCUT2D eigenvalue weighted by molar-refractivity contribution is 6.12. The Hall–Kier alpha value is -3.20. The van der Waals surface area contributed by atoms with Crippen molar-refractivity contribution in [1.29, 1.82) is 0 Å². The van der Waals surface area contributed by atoms with Crippen molar-refractivity contribution < 1.29 is 0 Å². The number of nitrogens with two attached hydrogens (primary N) is 1. The number of fused-ring (bicyclic) bond motifs is 3. The number of para-hydroxylation sites is 1. The Balaban J connectivity index is 1.98. The Labute approximate surface area is 134 Å². The predicted molar refractivity (Wildman–Crippen MR) is 96.8 cm³/mol. The lowest BCUT2D eigenvalue weighted by Gasteiger charge is -2.08. The van der Waals surface area contributed by atoms with Crippen LogP contribution in [0.3, 0.4) is 0 Å². The second-order valence-corrected chi connectivity index (χ2v) is 5.38. The second-order valence-electron chi connectivity index (χ2n) is 5.38. The summed E-state index contributed by atoms with van der Waals surface area (Å²) in [6, 6.07) is 20.3. The molecule has 0 aliphatic heterocycles. The molecule has 4 aromatic rings. The molecule has 23 heavy (non-hydrogen) atoms. The van der Waals surface area contributed by atoms with Crippen LogP contribution in [0.2, 0.25) is 0 Å². The van der Waals surface area contributed by atoms with Gasteiger partial charge in [0.2, 0.25) is 0 Å². The largest absolute Gasteiger partial charge is 0.382 e. The van der Waals surface area contributed by atoms with Crippen LogP contribution in [0, 0.1) is 0 Å². The van der Waals surface area contributed by atoms with Crippen molar-refractivity contribution in [3.63, 3.8) is 0 Å². The number of nitrogens with zero attached hydrogens (tertiary/aromatic N) is 2. The number of nitrogen functional groups attached to an aromatic ring is 1. The van der Waals surface area contributed by atoms with Crippen molar-refractivity contribution >= 4 is 39.8 Å². The molecule has 2 heterocycles. The summed E-state index contributed by atoms with van der Waals surface area (Å²) in [6.07, 6.45) is 5.98. The van der Waals surface area contributed by atoms with Crippen molar-refractivity contribution in [3.8, 4) is 0 Å². The topological polar surface area (TPSA) is 51.8 Å². The van der Waals surface area contributed by atoms with Crippen LogP contribution in [0.15, 0.2) is 66.9 Å². The summed E-state index contributed by atoms with van der Waals surface area (Å²) in [6.45, 7) is 0. The standard InChI is InChI=1S/C20H15N3/c21-20-19-18(16-8-4-5-9-17(16)23-20)15(12-13-22-19)11-10-14-6-2-1-3-7-14/h1-13H,(H2,21,23)/b11-10+. The third-order valence-corrected chi connectivity index (χ3v) is 3.90. The van der Waals surface area contributed by atoms with E-state index in [1.165, 1.54) is 0 Å². The lowest BCUT2D eigenvalue weighted by molar-refractivity contribution is 1.36. The lowest BCUT2D eigenvalue weighted by Crippen LogP contribution is -1.96. The minimum atomic E-state index is 0.466. The quantitative estimate of drug-likeness (QED) is 0.553. The van der Waals surface area contributed by atoms with Crippen LogP contribution in [0.25, 0.3) is 34.0 Å². The Kier molecular flexibility index (Phi) is 3.24. The van der Waals surface area contributed by atoms with Crippen molar-refractivity contribution in [2.24, 2.45) is 0 Å². The molecule has 0 aliphatic carbocycles. The van der Waals surface area contributed by atoms with Crippen molar-refractivity contribution in [2.75, 3.05) is 5.73 Å². The SMILES string of the molecule is Nc1nc2ccccc2c2c(/C=C/c3ccccc3)ccnc12. The molecular formula is C20H15N3. The van der Waals surface area contributed by atoms with Gasteiger partial charge in [-0.2, -0.15) is 0 Å².